The van der Waals surface area contributed by atoms with E-state index in [1.54, 1.807) is 22.7 Å². The summed E-state index contributed by atoms with van der Waals surface area (Å²) in [5.41, 5.74) is 2.41. The van der Waals surface area contributed by atoms with Crippen LogP contribution in [-0.2, 0) is 11.3 Å². The van der Waals surface area contributed by atoms with Crippen LogP contribution in [0.15, 0.2) is 22.2 Å². The summed E-state index contributed by atoms with van der Waals surface area (Å²) >= 11 is 3.46. The van der Waals surface area contributed by atoms with Gasteiger partial charge in [0.2, 0.25) is 0 Å². The first-order valence-electron chi connectivity index (χ1n) is 6.55. The number of ether oxygens (including phenoxy) is 1. The van der Waals surface area contributed by atoms with E-state index >= 15 is 0 Å². The standard InChI is InChI=1S/C14H18N2OS2/c1-10-7-17-11(2)5-16(10)6-13-9-19-14(15-13)12-3-4-18-8-12/h3-4,8-11H,5-7H2,1-2H3. The molecule has 1 saturated heterocycles. The Balaban J connectivity index is 1.70. The Labute approximate surface area is 121 Å². The van der Waals surface area contributed by atoms with Gasteiger partial charge in [-0.3, -0.25) is 4.90 Å². The van der Waals surface area contributed by atoms with Crippen molar-refractivity contribution in [1.82, 2.24) is 9.88 Å². The molecule has 0 aromatic carbocycles. The molecular weight excluding hydrogens is 276 g/mol. The van der Waals surface area contributed by atoms with Gasteiger partial charge in [0.25, 0.3) is 0 Å². The number of morpholine rings is 1. The van der Waals surface area contributed by atoms with Crippen molar-refractivity contribution in [2.24, 2.45) is 0 Å². The molecule has 0 saturated carbocycles. The fourth-order valence-corrected chi connectivity index (χ4v) is 3.82. The molecule has 0 bridgehead atoms. The normalized spacial score (nSPS) is 24.7. The van der Waals surface area contributed by atoms with Crippen molar-refractivity contribution in [3.8, 4) is 10.6 Å². The van der Waals surface area contributed by atoms with Crippen LogP contribution in [0.1, 0.15) is 19.5 Å². The van der Waals surface area contributed by atoms with Gasteiger partial charge in [-0.05, 0) is 25.3 Å². The Morgan fingerprint density at radius 2 is 2.32 bits per heavy atom. The lowest BCUT2D eigenvalue weighted by Gasteiger charge is -2.36. The molecule has 1 aliphatic heterocycles. The summed E-state index contributed by atoms with van der Waals surface area (Å²) in [7, 11) is 0. The van der Waals surface area contributed by atoms with E-state index in [0.29, 0.717) is 12.1 Å². The van der Waals surface area contributed by atoms with E-state index in [-0.39, 0.29) is 0 Å². The average molecular weight is 294 g/mol. The van der Waals surface area contributed by atoms with E-state index in [2.05, 4.69) is 41.0 Å². The van der Waals surface area contributed by atoms with Crippen LogP contribution in [0, 0.1) is 0 Å². The molecule has 2 unspecified atom stereocenters. The molecule has 0 spiro atoms. The first-order valence-corrected chi connectivity index (χ1v) is 8.37. The summed E-state index contributed by atoms with van der Waals surface area (Å²) in [5.74, 6) is 0. The fourth-order valence-electron chi connectivity index (χ4n) is 2.30. The lowest BCUT2D eigenvalue weighted by atomic mass is 10.2. The van der Waals surface area contributed by atoms with Gasteiger partial charge < -0.3 is 4.74 Å². The minimum Gasteiger partial charge on any atom is -0.376 e. The van der Waals surface area contributed by atoms with Crippen LogP contribution in [0.4, 0.5) is 0 Å². The molecule has 2 aromatic heterocycles. The molecule has 3 rings (SSSR count). The van der Waals surface area contributed by atoms with Gasteiger partial charge in [0, 0.05) is 35.5 Å². The Hall–Kier alpha value is -0.750. The van der Waals surface area contributed by atoms with E-state index in [4.69, 9.17) is 9.72 Å². The first kappa shape index (κ1) is 13.2. The SMILES string of the molecule is CC1CN(Cc2csc(-c3ccsc3)n2)C(C)CO1. The zero-order chi connectivity index (χ0) is 13.2. The fraction of sp³-hybridized carbons (Fsp3) is 0.500. The molecule has 0 radical (unpaired) electrons. The third-order valence-corrected chi connectivity index (χ3v) is 5.05. The van der Waals surface area contributed by atoms with Gasteiger partial charge in [0.15, 0.2) is 0 Å². The molecule has 1 aliphatic rings. The minimum atomic E-state index is 0.325. The van der Waals surface area contributed by atoms with Crippen LogP contribution in [-0.4, -0.2) is 35.2 Å². The Morgan fingerprint density at radius 3 is 3.11 bits per heavy atom. The maximum Gasteiger partial charge on any atom is 0.124 e. The zero-order valence-corrected chi connectivity index (χ0v) is 12.8. The second-order valence-electron chi connectivity index (χ2n) is 5.08. The van der Waals surface area contributed by atoms with Crippen molar-refractivity contribution in [3.05, 3.63) is 27.9 Å². The van der Waals surface area contributed by atoms with Crippen LogP contribution >= 0.6 is 22.7 Å². The van der Waals surface area contributed by atoms with E-state index < -0.39 is 0 Å². The van der Waals surface area contributed by atoms with Crippen LogP contribution in [0.2, 0.25) is 0 Å². The molecule has 3 nitrogen and oxygen atoms in total. The number of nitrogens with zero attached hydrogens (tertiary/aromatic N) is 2. The molecule has 3 heterocycles. The van der Waals surface area contributed by atoms with E-state index in [1.165, 1.54) is 11.3 Å². The number of aromatic nitrogens is 1. The number of rotatable bonds is 3. The quantitative estimate of drug-likeness (QED) is 0.866. The molecule has 19 heavy (non-hydrogen) atoms. The third kappa shape index (κ3) is 3.05. The average Bonchev–Trinajstić information content (AvgIpc) is 3.04. The smallest absolute Gasteiger partial charge is 0.124 e. The van der Waals surface area contributed by atoms with Crippen molar-refractivity contribution in [3.63, 3.8) is 0 Å². The highest BCUT2D eigenvalue weighted by Gasteiger charge is 2.24. The van der Waals surface area contributed by atoms with Crippen molar-refractivity contribution in [2.45, 2.75) is 32.5 Å². The molecular formula is C14H18N2OS2. The largest absolute Gasteiger partial charge is 0.376 e. The second-order valence-corrected chi connectivity index (χ2v) is 6.72. The Kier molecular flexibility index (Phi) is 3.98. The van der Waals surface area contributed by atoms with E-state index in [9.17, 15) is 0 Å². The first-order chi connectivity index (χ1) is 9.22. The highest BCUT2D eigenvalue weighted by Crippen LogP contribution is 2.26. The molecule has 0 aliphatic carbocycles. The molecule has 2 atom stereocenters. The highest BCUT2D eigenvalue weighted by molar-refractivity contribution is 7.14. The number of thiophene rings is 1. The van der Waals surface area contributed by atoms with Crippen LogP contribution in [0.25, 0.3) is 10.6 Å². The molecule has 5 heteroatoms. The number of hydrogen-bond donors (Lipinski definition) is 0. The summed E-state index contributed by atoms with van der Waals surface area (Å²) < 4.78 is 5.66. The molecule has 102 valence electrons. The number of thiazole rings is 1. The monoisotopic (exact) mass is 294 g/mol. The molecule has 2 aromatic rings. The Morgan fingerprint density at radius 1 is 1.42 bits per heavy atom. The lowest BCUT2D eigenvalue weighted by Crippen LogP contribution is -2.46. The summed E-state index contributed by atoms with van der Waals surface area (Å²) in [4.78, 5) is 7.21. The van der Waals surface area contributed by atoms with Crippen molar-refractivity contribution >= 4 is 22.7 Å². The molecule has 0 amide bonds. The third-order valence-electron chi connectivity index (χ3n) is 3.42. The van der Waals surface area contributed by atoms with Crippen LogP contribution in [0.5, 0.6) is 0 Å². The van der Waals surface area contributed by atoms with Crippen LogP contribution < -0.4 is 0 Å². The predicted octanol–water partition coefficient (Wildman–Crippen LogP) is 3.48. The van der Waals surface area contributed by atoms with Gasteiger partial charge in [-0.2, -0.15) is 11.3 Å². The number of hydrogen-bond acceptors (Lipinski definition) is 5. The predicted molar refractivity (Wildman–Crippen MR) is 80.7 cm³/mol. The van der Waals surface area contributed by atoms with E-state index in [1.807, 2.05) is 0 Å². The topological polar surface area (TPSA) is 25.4 Å². The minimum absolute atomic E-state index is 0.325. The van der Waals surface area contributed by atoms with E-state index in [0.717, 1.165) is 24.7 Å². The van der Waals surface area contributed by atoms with Crippen molar-refractivity contribution in [1.29, 1.82) is 0 Å². The van der Waals surface area contributed by atoms with Gasteiger partial charge in [0.1, 0.15) is 5.01 Å². The van der Waals surface area contributed by atoms with Gasteiger partial charge in [0.05, 0.1) is 18.4 Å². The van der Waals surface area contributed by atoms with Gasteiger partial charge in [-0.25, -0.2) is 4.98 Å². The summed E-state index contributed by atoms with van der Waals surface area (Å²) in [5, 5.41) is 7.56. The molecule has 1 fully saturated rings. The maximum absolute atomic E-state index is 5.66. The zero-order valence-electron chi connectivity index (χ0n) is 11.2. The van der Waals surface area contributed by atoms with Gasteiger partial charge in [-0.1, -0.05) is 0 Å². The molecule has 0 N–H and O–H groups in total. The maximum atomic E-state index is 5.66. The highest BCUT2D eigenvalue weighted by atomic mass is 32.1. The van der Waals surface area contributed by atoms with Crippen molar-refractivity contribution in [2.75, 3.05) is 13.2 Å². The summed E-state index contributed by atoms with van der Waals surface area (Å²) in [6, 6.07) is 2.61. The second kappa shape index (κ2) is 5.71. The Bertz CT molecular complexity index is 523. The summed E-state index contributed by atoms with van der Waals surface area (Å²) in [6.07, 6.45) is 0.325. The van der Waals surface area contributed by atoms with Crippen molar-refractivity contribution < 1.29 is 4.74 Å². The van der Waals surface area contributed by atoms with Gasteiger partial charge in [-0.15, -0.1) is 11.3 Å². The van der Waals surface area contributed by atoms with Gasteiger partial charge >= 0.3 is 0 Å². The lowest BCUT2D eigenvalue weighted by molar-refractivity contribution is -0.0530. The van der Waals surface area contributed by atoms with Crippen LogP contribution in [0.3, 0.4) is 0 Å². The summed E-state index contributed by atoms with van der Waals surface area (Å²) in [6.45, 7) is 7.10.